The van der Waals surface area contributed by atoms with Crippen LogP contribution in [-0.4, -0.2) is 54.8 Å². The molecule has 0 radical (unpaired) electrons. The van der Waals surface area contributed by atoms with Crippen LogP contribution in [0.25, 0.3) is 10.2 Å². The summed E-state index contributed by atoms with van der Waals surface area (Å²) in [6, 6.07) is 13.7. The zero-order chi connectivity index (χ0) is 21.5. The number of carbonyl (C=O) groups excluding carboxylic acids is 1. The minimum absolute atomic E-state index is 0.0151. The molecule has 0 aliphatic heterocycles. The Bertz CT molecular complexity index is 985. The first-order chi connectivity index (χ1) is 14.6. The van der Waals surface area contributed by atoms with Crippen molar-refractivity contribution in [2.75, 3.05) is 43.9 Å². The van der Waals surface area contributed by atoms with E-state index in [0.717, 1.165) is 46.2 Å². The lowest BCUT2D eigenvalue weighted by Crippen LogP contribution is -2.38. The van der Waals surface area contributed by atoms with Crippen LogP contribution in [0, 0.1) is 0 Å². The molecule has 30 heavy (non-hydrogen) atoms. The van der Waals surface area contributed by atoms with Crippen molar-refractivity contribution in [3.8, 4) is 5.75 Å². The molecule has 0 N–H and O–H groups in total. The summed E-state index contributed by atoms with van der Waals surface area (Å²) in [7, 11) is 1.65. The van der Waals surface area contributed by atoms with E-state index in [1.807, 2.05) is 47.4 Å². The number of para-hydroxylation sites is 1. The number of thiazole rings is 1. The number of likely N-dealkylation sites (N-methyl/N-ethyl adjacent to an activating group) is 1. The van der Waals surface area contributed by atoms with Crippen LogP contribution in [0.15, 0.2) is 47.4 Å². The smallest absolute Gasteiger partial charge is 0.260 e. The summed E-state index contributed by atoms with van der Waals surface area (Å²) in [6.45, 7) is 9.70. The number of benzene rings is 2. The van der Waals surface area contributed by atoms with Crippen LogP contribution in [0.1, 0.15) is 31.1 Å². The Morgan fingerprint density at radius 2 is 1.87 bits per heavy atom. The second-order valence-corrected chi connectivity index (χ2v) is 9.09. The van der Waals surface area contributed by atoms with Crippen LogP contribution in [-0.2, 0) is 0 Å². The van der Waals surface area contributed by atoms with Crippen molar-refractivity contribution in [3.05, 3.63) is 48.0 Å². The molecule has 1 heterocycles. The molecule has 0 saturated carbocycles. The minimum Gasteiger partial charge on any atom is -0.494 e. The number of amides is 1. The third-order valence-electron chi connectivity index (χ3n) is 4.99. The summed E-state index contributed by atoms with van der Waals surface area (Å²) >= 11 is 3.27. The van der Waals surface area contributed by atoms with Crippen LogP contribution in [0.2, 0.25) is 0 Å². The average molecular weight is 444 g/mol. The van der Waals surface area contributed by atoms with Gasteiger partial charge in [0.25, 0.3) is 5.91 Å². The molecule has 0 aliphatic rings. The van der Waals surface area contributed by atoms with Gasteiger partial charge in [0.05, 0.1) is 11.8 Å². The Morgan fingerprint density at radius 1 is 1.10 bits per heavy atom. The zero-order valence-electron chi connectivity index (χ0n) is 18.1. The molecule has 160 valence electrons. The summed E-state index contributed by atoms with van der Waals surface area (Å²) in [6.07, 6.45) is 0. The van der Waals surface area contributed by atoms with E-state index in [2.05, 4.69) is 25.7 Å². The predicted molar refractivity (Wildman–Crippen MR) is 128 cm³/mol. The number of hydrogen-bond acceptors (Lipinski definition) is 6. The number of hydrogen-bond donors (Lipinski definition) is 0. The molecule has 0 bridgehead atoms. The summed E-state index contributed by atoms with van der Waals surface area (Å²) in [5.74, 6) is 1.69. The van der Waals surface area contributed by atoms with Crippen LogP contribution >= 0.6 is 23.1 Å². The molecular formula is C23H29N3O2S2. The molecule has 0 unspecified atom stereocenters. The standard InChI is InChI=1S/C23H29N3O2S2/c1-5-25(6-2)14-15-26(22(27)17-10-8-11-18(16-17)29-7-3)23-24-21-19(28-4)12-9-13-20(21)30-23/h8-13,16H,5-7,14-15H2,1-4H3. The predicted octanol–water partition coefficient (Wildman–Crippen LogP) is 5.41. The van der Waals surface area contributed by atoms with Gasteiger partial charge in [-0.3, -0.25) is 9.69 Å². The number of aromatic nitrogens is 1. The molecule has 3 rings (SSSR count). The highest BCUT2D eigenvalue weighted by atomic mass is 32.2. The number of carbonyl (C=O) groups is 1. The van der Waals surface area contributed by atoms with Crippen molar-refractivity contribution in [2.45, 2.75) is 25.7 Å². The first kappa shape index (κ1) is 22.6. The van der Waals surface area contributed by atoms with Gasteiger partial charge in [-0.15, -0.1) is 11.8 Å². The molecule has 1 amide bonds. The first-order valence-corrected chi connectivity index (χ1v) is 12.1. The van der Waals surface area contributed by atoms with Gasteiger partial charge in [-0.25, -0.2) is 4.98 Å². The number of thioether (sulfide) groups is 1. The third kappa shape index (κ3) is 5.14. The fraction of sp³-hybridized carbons (Fsp3) is 0.391. The number of methoxy groups -OCH3 is 1. The minimum atomic E-state index is -0.0151. The SMILES string of the molecule is CCSc1cccc(C(=O)N(CCN(CC)CC)c2nc3c(OC)cccc3s2)c1. The number of rotatable bonds is 10. The van der Waals surface area contributed by atoms with E-state index in [1.54, 1.807) is 18.9 Å². The highest BCUT2D eigenvalue weighted by Crippen LogP contribution is 2.34. The second-order valence-electron chi connectivity index (χ2n) is 6.75. The van der Waals surface area contributed by atoms with Gasteiger partial charge in [-0.2, -0.15) is 0 Å². The Labute approximate surface area is 187 Å². The Hall–Kier alpha value is -2.09. The molecule has 3 aromatic rings. The Balaban J connectivity index is 1.98. The fourth-order valence-electron chi connectivity index (χ4n) is 3.30. The lowest BCUT2D eigenvalue weighted by Gasteiger charge is -2.25. The van der Waals surface area contributed by atoms with E-state index in [-0.39, 0.29) is 5.91 Å². The van der Waals surface area contributed by atoms with Crippen LogP contribution in [0.3, 0.4) is 0 Å². The highest BCUT2D eigenvalue weighted by molar-refractivity contribution is 7.99. The van der Waals surface area contributed by atoms with E-state index in [1.165, 1.54) is 11.3 Å². The van der Waals surface area contributed by atoms with Crippen molar-refractivity contribution < 1.29 is 9.53 Å². The molecule has 0 saturated heterocycles. The van der Waals surface area contributed by atoms with Crippen molar-refractivity contribution in [1.29, 1.82) is 0 Å². The molecule has 1 aromatic heterocycles. The zero-order valence-corrected chi connectivity index (χ0v) is 19.7. The van der Waals surface area contributed by atoms with Crippen molar-refractivity contribution in [2.24, 2.45) is 0 Å². The van der Waals surface area contributed by atoms with Gasteiger partial charge in [-0.05, 0) is 49.2 Å². The topological polar surface area (TPSA) is 45.7 Å². The molecule has 0 fully saturated rings. The quantitative estimate of drug-likeness (QED) is 0.392. The van der Waals surface area contributed by atoms with Crippen LogP contribution in [0.5, 0.6) is 5.75 Å². The molecular weight excluding hydrogens is 414 g/mol. The first-order valence-electron chi connectivity index (χ1n) is 10.3. The van der Waals surface area contributed by atoms with Crippen LogP contribution < -0.4 is 9.64 Å². The van der Waals surface area contributed by atoms with Gasteiger partial charge in [-0.1, -0.05) is 44.2 Å². The van der Waals surface area contributed by atoms with Gasteiger partial charge in [0.1, 0.15) is 11.3 Å². The molecule has 7 heteroatoms. The molecule has 0 spiro atoms. The number of anilines is 1. The highest BCUT2D eigenvalue weighted by Gasteiger charge is 2.23. The third-order valence-corrected chi connectivity index (χ3v) is 6.91. The Morgan fingerprint density at radius 3 is 2.57 bits per heavy atom. The fourth-order valence-corrected chi connectivity index (χ4v) is 5.02. The lowest BCUT2D eigenvalue weighted by molar-refractivity contribution is 0.0983. The summed E-state index contributed by atoms with van der Waals surface area (Å²) in [5.41, 5.74) is 1.50. The van der Waals surface area contributed by atoms with E-state index in [9.17, 15) is 4.79 Å². The number of nitrogens with zero attached hydrogens (tertiary/aromatic N) is 3. The maximum absolute atomic E-state index is 13.6. The van der Waals surface area contributed by atoms with Crippen molar-refractivity contribution in [1.82, 2.24) is 9.88 Å². The number of fused-ring (bicyclic) bond motifs is 1. The molecule has 0 aliphatic carbocycles. The Kier molecular flexibility index (Phi) is 8.13. The maximum Gasteiger partial charge on any atom is 0.260 e. The lowest BCUT2D eigenvalue weighted by atomic mass is 10.2. The van der Waals surface area contributed by atoms with Gasteiger partial charge in [0, 0.05) is 23.5 Å². The van der Waals surface area contributed by atoms with Gasteiger partial charge in [0.2, 0.25) is 0 Å². The van der Waals surface area contributed by atoms with Gasteiger partial charge < -0.3 is 9.64 Å². The average Bonchev–Trinajstić information content (AvgIpc) is 3.21. The summed E-state index contributed by atoms with van der Waals surface area (Å²) in [5, 5.41) is 0.709. The molecule has 0 atom stereocenters. The van der Waals surface area contributed by atoms with Crippen LogP contribution in [0.4, 0.5) is 5.13 Å². The number of ether oxygens (including phenoxy) is 1. The normalized spacial score (nSPS) is 11.2. The monoisotopic (exact) mass is 443 g/mol. The molecule has 5 nitrogen and oxygen atoms in total. The van der Waals surface area contributed by atoms with E-state index in [4.69, 9.17) is 9.72 Å². The second kappa shape index (κ2) is 10.8. The van der Waals surface area contributed by atoms with Crippen molar-refractivity contribution in [3.63, 3.8) is 0 Å². The summed E-state index contributed by atoms with van der Waals surface area (Å²) < 4.78 is 6.49. The van der Waals surface area contributed by atoms with Gasteiger partial charge in [0.15, 0.2) is 5.13 Å². The maximum atomic E-state index is 13.6. The van der Waals surface area contributed by atoms with E-state index < -0.39 is 0 Å². The van der Waals surface area contributed by atoms with Gasteiger partial charge >= 0.3 is 0 Å². The summed E-state index contributed by atoms with van der Waals surface area (Å²) in [4.78, 5) is 23.6. The van der Waals surface area contributed by atoms with E-state index >= 15 is 0 Å². The largest absolute Gasteiger partial charge is 0.494 e. The van der Waals surface area contributed by atoms with E-state index in [0.29, 0.717) is 17.2 Å². The van der Waals surface area contributed by atoms with Crippen molar-refractivity contribution >= 4 is 44.4 Å². The molecule has 2 aromatic carbocycles.